The van der Waals surface area contributed by atoms with Crippen LogP contribution in [0.15, 0.2) is 30.5 Å². The van der Waals surface area contributed by atoms with Gasteiger partial charge >= 0.3 is 0 Å². The van der Waals surface area contributed by atoms with Crippen LogP contribution < -0.4 is 11.1 Å². The van der Waals surface area contributed by atoms with Crippen molar-refractivity contribution < 1.29 is 5.11 Å². The number of halogens is 1. The highest BCUT2D eigenvalue weighted by molar-refractivity contribution is 6.30. The maximum absolute atomic E-state index is 10.5. The van der Waals surface area contributed by atoms with Crippen LogP contribution in [0.2, 0.25) is 5.02 Å². The van der Waals surface area contributed by atoms with E-state index in [1.165, 1.54) is 11.8 Å². The highest BCUT2D eigenvalue weighted by Gasteiger charge is 2.22. The third-order valence-electron chi connectivity index (χ3n) is 3.38. The number of nitrogens with two attached hydrogens (primary N) is 1. The van der Waals surface area contributed by atoms with Crippen molar-refractivity contribution in [2.24, 2.45) is 0 Å². The lowest BCUT2D eigenvalue weighted by atomic mass is 9.98. The van der Waals surface area contributed by atoms with Gasteiger partial charge in [-0.25, -0.2) is 4.98 Å². The van der Waals surface area contributed by atoms with E-state index in [4.69, 9.17) is 17.3 Å². The van der Waals surface area contributed by atoms with Gasteiger partial charge in [0.15, 0.2) is 0 Å². The number of nitrogens with zero attached hydrogens (tertiary/aromatic N) is 1. The Morgan fingerprint density at radius 2 is 2.21 bits per heavy atom. The molecule has 0 radical (unpaired) electrons. The van der Waals surface area contributed by atoms with Crippen molar-refractivity contribution in [1.82, 2.24) is 4.98 Å². The second-order valence-electron chi connectivity index (χ2n) is 4.59. The third kappa shape index (κ3) is 2.13. The molecule has 0 fully saturated rings. The van der Waals surface area contributed by atoms with Crippen molar-refractivity contribution in [2.75, 3.05) is 17.6 Å². The quantitative estimate of drug-likeness (QED) is 0.787. The van der Waals surface area contributed by atoms with E-state index in [1.54, 1.807) is 6.07 Å². The number of aliphatic hydroxyl groups is 1. The van der Waals surface area contributed by atoms with E-state index in [-0.39, 0.29) is 0 Å². The molecule has 0 spiro atoms. The average Bonchev–Trinajstić information content (AvgIpc) is 2.89. The van der Waals surface area contributed by atoms with Crippen molar-refractivity contribution in [3.05, 3.63) is 52.2 Å². The summed E-state index contributed by atoms with van der Waals surface area (Å²) in [4.78, 5) is 3.98. The van der Waals surface area contributed by atoms with E-state index < -0.39 is 6.10 Å². The molecule has 0 saturated heterocycles. The molecule has 0 bridgehead atoms. The number of anilines is 2. The first-order valence-corrected chi connectivity index (χ1v) is 6.49. The van der Waals surface area contributed by atoms with E-state index in [0.29, 0.717) is 16.4 Å². The minimum Gasteiger partial charge on any atom is -0.384 e. The monoisotopic (exact) mass is 275 g/mol. The zero-order chi connectivity index (χ0) is 13.4. The number of nitrogen functional groups attached to an aromatic ring is 1. The molecule has 1 unspecified atom stereocenters. The number of aliphatic hydroxyl groups excluding tert-OH is 1. The molecule has 4 nitrogen and oxygen atoms in total. The Hall–Kier alpha value is -1.78. The summed E-state index contributed by atoms with van der Waals surface area (Å²) in [6.07, 6.45) is 1.62. The number of rotatable bonds is 2. The number of pyridine rings is 1. The first-order chi connectivity index (χ1) is 9.16. The van der Waals surface area contributed by atoms with E-state index in [1.807, 2.05) is 12.1 Å². The molecule has 1 aromatic heterocycles. The van der Waals surface area contributed by atoms with Gasteiger partial charge < -0.3 is 16.2 Å². The molecule has 2 heterocycles. The molecule has 1 atom stereocenters. The van der Waals surface area contributed by atoms with Crippen LogP contribution in [0.25, 0.3) is 0 Å². The zero-order valence-corrected chi connectivity index (χ0v) is 11.0. The van der Waals surface area contributed by atoms with Gasteiger partial charge in [-0.1, -0.05) is 29.8 Å². The fourth-order valence-corrected chi connectivity index (χ4v) is 2.61. The Bertz CT molecular complexity index is 630. The van der Waals surface area contributed by atoms with E-state index in [2.05, 4.69) is 16.4 Å². The fourth-order valence-electron chi connectivity index (χ4n) is 2.45. The van der Waals surface area contributed by atoms with Crippen LogP contribution in [0.3, 0.4) is 0 Å². The molecular weight excluding hydrogens is 262 g/mol. The summed E-state index contributed by atoms with van der Waals surface area (Å²) in [7, 11) is 0. The van der Waals surface area contributed by atoms with Crippen LogP contribution in [0, 0.1) is 0 Å². The molecule has 1 aliphatic rings. The van der Waals surface area contributed by atoms with Crippen molar-refractivity contribution in [3.8, 4) is 0 Å². The van der Waals surface area contributed by atoms with Crippen LogP contribution in [-0.2, 0) is 6.42 Å². The predicted octanol–water partition coefficient (Wildman–Crippen LogP) is 2.37. The van der Waals surface area contributed by atoms with Gasteiger partial charge in [0.05, 0.1) is 5.02 Å². The fraction of sp³-hybridized carbons (Fsp3) is 0.214. The number of para-hydroxylation sites is 1. The second-order valence-corrected chi connectivity index (χ2v) is 5.03. The molecule has 4 N–H and O–H groups in total. The minimum absolute atomic E-state index is 0.299. The lowest BCUT2D eigenvalue weighted by molar-refractivity contribution is 0.221. The van der Waals surface area contributed by atoms with Crippen molar-refractivity contribution >= 4 is 23.1 Å². The molecule has 1 aromatic carbocycles. The lowest BCUT2D eigenvalue weighted by Gasteiger charge is -2.17. The average molecular weight is 276 g/mol. The summed E-state index contributed by atoms with van der Waals surface area (Å²) < 4.78 is 0. The van der Waals surface area contributed by atoms with E-state index >= 15 is 0 Å². The number of nitrogens with one attached hydrogen (secondary N) is 1. The highest BCUT2D eigenvalue weighted by Crippen LogP contribution is 2.35. The highest BCUT2D eigenvalue weighted by atomic mass is 35.5. The van der Waals surface area contributed by atoms with Crippen LogP contribution in [0.1, 0.15) is 22.8 Å². The summed E-state index contributed by atoms with van der Waals surface area (Å²) in [6, 6.07) is 7.55. The first kappa shape index (κ1) is 12.3. The van der Waals surface area contributed by atoms with Crippen molar-refractivity contribution in [1.29, 1.82) is 0 Å². The first-order valence-electron chi connectivity index (χ1n) is 6.11. The number of aromatic nitrogens is 1. The number of hydrogen-bond donors (Lipinski definition) is 3. The Labute approximate surface area is 116 Å². The molecule has 98 valence electrons. The van der Waals surface area contributed by atoms with Crippen LogP contribution in [0.5, 0.6) is 0 Å². The third-order valence-corrected chi connectivity index (χ3v) is 3.59. The summed E-state index contributed by atoms with van der Waals surface area (Å²) >= 11 is 5.92. The SMILES string of the molecule is Nc1ncc(Cl)cc1C(O)c1cccc2c1NCC2. The summed E-state index contributed by atoms with van der Waals surface area (Å²) in [5, 5.41) is 14.3. The Balaban J connectivity index is 2.07. The van der Waals surface area contributed by atoms with Crippen LogP contribution in [-0.4, -0.2) is 16.6 Å². The minimum atomic E-state index is -0.827. The maximum Gasteiger partial charge on any atom is 0.129 e. The molecule has 0 aliphatic carbocycles. The summed E-state index contributed by atoms with van der Waals surface area (Å²) in [5.74, 6) is 0.299. The van der Waals surface area contributed by atoms with Gasteiger partial charge in [0.1, 0.15) is 11.9 Å². The van der Waals surface area contributed by atoms with Gasteiger partial charge in [0, 0.05) is 29.6 Å². The molecule has 5 heteroatoms. The lowest BCUT2D eigenvalue weighted by Crippen LogP contribution is -2.07. The van der Waals surface area contributed by atoms with Gasteiger partial charge in [0.2, 0.25) is 0 Å². The maximum atomic E-state index is 10.5. The largest absolute Gasteiger partial charge is 0.384 e. The molecule has 1 aliphatic heterocycles. The summed E-state index contributed by atoms with van der Waals surface area (Å²) in [6.45, 7) is 0.891. The molecule has 2 aromatic rings. The normalized spacial score (nSPS) is 14.8. The zero-order valence-electron chi connectivity index (χ0n) is 10.2. The number of fused-ring (bicyclic) bond motifs is 1. The smallest absolute Gasteiger partial charge is 0.129 e. The topological polar surface area (TPSA) is 71.2 Å². The Kier molecular flexibility index (Phi) is 3.05. The predicted molar refractivity (Wildman–Crippen MR) is 76.4 cm³/mol. The standard InChI is InChI=1S/C14H14ClN3O/c15-9-6-11(14(16)18-7-9)13(19)10-3-1-2-8-4-5-17-12(8)10/h1-3,6-7,13,17,19H,4-5H2,(H2,16,18). The van der Waals surface area contributed by atoms with Gasteiger partial charge in [-0.2, -0.15) is 0 Å². The van der Waals surface area contributed by atoms with E-state index in [0.717, 1.165) is 24.2 Å². The van der Waals surface area contributed by atoms with Gasteiger partial charge in [-0.3, -0.25) is 0 Å². The molecule has 0 saturated carbocycles. The van der Waals surface area contributed by atoms with Crippen molar-refractivity contribution in [3.63, 3.8) is 0 Å². The number of hydrogen-bond acceptors (Lipinski definition) is 4. The van der Waals surface area contributed by atoms with Crippen LogP contribution >= 0.6 is 11.6 Å². The van der Waals surface area contributed by atoms with Gasteiger partial charge in [-0.05, 0) is 18.1 Å². The molecule has 19 heavy (non-hydrogen) atoms. The van der Waals surface area contributed by atoms with Crippen LogP contribution in [0.4, 0.5) is 11.5 Å². The molecule has 0 amide bonds. The Morgan fingerprint density at radius 3 is 3.05 bits per heavy atom. The Morgan fingerprint density at radius 1 is 1.37 bits per heavy atom. The van der Waals surface area contributed by atoms with E-state index in [9.17, 15) is 5.11 Å². The molecular formula is C14H14ClN3O. The molecule has 3 rings (SSSR count). The van der Waals surface area contributed by atoms with Gasteiger partial charge in [-0.15, -0.1) is 0 Å². The van der Waals surface area contributed by atoms with Crippen molar-refractivity contribution in [2.45, 2.75) is 12.5 Å². The summed E-state index contributed by atoms with van der Waals surface area (Å²) in [5.41, 5.74) is 9.38. The second kappa shape index (κ2) is 4.72. The van der Waals surface area contributed by atoms with Gasteiger partial charge in [0.25, 0.3) is 0 Å². The number of benzene rings is 1.